The normalized spacial score (nSPS) is 28.8. The number of nitrogens with zero attached hydrogens (tertiary/aromatic N) is 1. The zero-order valence-corrected chi connectivity index (χ0v) is 6.68. The van der Waals surface area contributed by atoms with Gasteiger partial charge in [-0.1, -0.05) is 0 Å². The number of hydrogen-bond donors (Lipinski definition) is 0. The minimum atomic E-state index is 0.441. The van der Waals surface area contributed by atoms with Gasteiger partial charge in [0.05, 0.1) is 6.10 Å². The summed E-state index contributed by atoms with van der Waals surface area (Å²) in [6.07, 6.45) is 2.88. The van der Waals surface area contributed by atoms with Crippen LogP contribution < -0.4 is 0 Å². The molecule has 0 spiro atoms. The quantitative estimate of drug-likeness (QED) is 0.576. The van der Waals surface area contributed by atoms with Crippen molar-refractivity contribution in [2.45, 2.75) is 25.9 Å². The summed E-state index contributed by atoms with van der Waals surface area (Å²) in [5.74, 6) is 0. The first-order valence-corrected chi connectivity index (χ1v) is 4.00. The molecule has 10 heavy (non-hydrogen) atoms. The number of rotatable bonds is 2. The average Bonchev–Trinajstić information content (AvgIpc) is 1.88. The molecule has 2 nitrogen and oxygen atoms in total. The summed E-state index contributed by atoms with van der Waals surface area (Å²) < 4.78 is 5.47. The molecule has 0 saturated carbocycles. The van der Waals surface area contributed by atoms with E-state index in [-0.39, 0.29) is 0 Å². The van der Waals surface area contributed by atoms with E-state index in [0.29, 0.717) is 6.10 Å². The van der Waals surface area contributed by atoms with Gasteiger partial charge in [0, 0.05) is 20.2 Å². The number of piperidine rings is 1. The molecule has 2 heteroatoms. The van der Waals surface area contributed by atoms with Gasteiger partial charge in [0.25, 0.3) is 0 Å². The maximum atomic E-state index is 5.47. The van der Waals surface area contributed by atoms with Gasteiger partial charge in [0.1, 0.15) is 0 Å². The lowest BCUT2D eigenvalue weighted by Crippen LogP contribution is -2.35. The van der Waals surface area contributed by atoms with Gasteiger partial charge in [-0.15, -0.1) is 0 Å². The van der Waals surface area contributed by atoms with Gasteiger partial charge in [-0.2, -0.15) is 0 Å². The van der Waals surface area contributed by atoms with E-state index in [9.17, 15) is 0 Å². The van der Waals surface area contributed by atoms with Crippen molar-refractivity contribution >= 4 is 0 Å². The zero-order valence-electron chi connectivity index (χ0n) is 6.68. The Labute approximate surface area is 63.2 Å². The van der Waals surface area contributed by atoms with E-state index in [1.54, 1.807) is 0 Å². The highest BCUT2D eigenvalue weighted by Gasteiger charge is 2.16. The molecule has 1 saturated heterocycles. The number of ether oxygens (including phenoxy) is 1. The maximum absolute atomic E-state index is 5.47. The Balaban J connectivity index is 2.18. The number of hydrogen-bond acceptors (Lipinski definition) is 2. The van der Waals surface area contributed by atoms with Crippen LogP contribution in [-0.2, 0) is 4.74 Å². The van der Waals surface area contributed by atoms with E-state index in [2.05, 4.69) is 11.9 Å². The molecule has 0 amide bonds. The van der Waals surface area contributed by atoms with Crippen LogP contribution in [0.15, 0.2) is 0 Å². The highest BCUT2D eigenvalue weighted by Crippen LogP contribution is 2.11. The Hall–Kier alpha value is -0.0800. The monoisotopic (exact) mass is 142 g/mol. The summed E-state index contributed by atoms with van der Waals surface area (Å²) in [5.41, 5.74) is 0. The minimum Gasteiger partial charge on any atom is -0.377 e. The predicted molar refractivity (Wildman–Crippen MR) is 41.6 cm³/mol. The second-order valence-corrected chi connectivity index (χ2v) is 2.80. The smallest absolute Gasteiger partial charge is 0.0702 e. The molecule has 0 aromatic carbocycles. The van der Waals surface area contributed by atoms with Crippen molar-refractivity contribution in [2.75, 3.05) is 19.7 Å². The van der Waals surface area contributed by atoms with Crippen LogP contribution >= 0.6 is 0 Å². The third-order valence-corrected chi connectivity index (χ3v) is 1.86. The first-order valence-electron chi connectivity index (χ1n) is 4.00. The van der Waals surface area contributed by atoms with Crippen LogP contribution in [0.2, 0.25) is 0 Å². The fraction of sp³-hybridized carbons (Fsp3) is 0.875. The maximum Gasteiger partial charge on any atom is 0.0702 e. The summed E-state index contributed by atoms with van der Waals surface area (Å²) >= 11 is 0. The molecule has 1 fully saturated rings. The highest BCUT2D eigenvalue weighted by molar-refractivity contribution is 4.71. The summed E-state index contributed by atoms with van der Waals surface area (Å²) in [7, 11) is 3.88. The van der Waals surface area contributed by atoms with E-state index in [0.717, 1.165) is 19.7 Å². The van der Waals surface area contributed by atoms with E-state index in [1.807, 2.05) is 6.92 Å². The molecule has 0 N–H and O–H groups in total. The molecule has 0 aromatic heterocycles. The third kappa shape index (κ3) is 2.27. The lowest BCUT2D eigenvalue weighted by molar-refractivity contribution is 0.0178. The highest BCUT2D eigenvalue weighted by atomic mass is 16.5. The van der Waals surface area contributed by atoms with Gasteiger partial charge in [-0.3, -0.25) is 4.90 Å². The molecular weight excluding hydrogens is 126 g/mol. The second-order valence-electron chi connectivity index (χ2n) is 2.80. The average molecular weight is 142 g/mol. The van der Waals surface area contributed by atoms with Crippen molar-refractivity contribution in [3.8, 4) is 0 Å². The van der Waals surface area contributed by atoms with Gasteiger partial charge in [-0.25, -0.2) is 0 Å². The van der Waals surface area contributed by atoms with Crippen LogP contribution in [0.5, 0.6) is 0 Å². The molecule has 1 heterocycles. The van der Waals surface area contributed by atoms with Crippen molar-refractivity contribution in [1.82, 2.24) is 4.90 Å². The molecule has 0 aromatic rings. The van der Waals surface area contributed by atoms with Gasteiger partial charge in [0.15, 0.2) is 0 Å². The van der Waals surface area contributed by atoms with Crippen molar-refractivity contribution in [3.63, 3.8) is 0 Å². The first-order chi connectivity index (χ1) is 4.83. The first kappa shape index (κ1) is 8.02. The van der Waals surface area contributed by atoms with Crippen LogP contribution in [0.25, 0.3) is 0 Å². The molecule has 1 rings (SSSR count). The molecule has 1 radical (unpaired) electrons. The van der Waals surface area contributed by atoms with Gasteiger partial charge >= 0.3 is 0 Å². The molecule has 1 aliphatic rings. The Morgan fingerprint density at radius 3 is 3.10 bits per heavy atom. The molecule has 1 aliphatic heterocycles. The SMILES string of the molecule is [CH2]N1CCCC(OCC)C1. The van der Waals surface area contributed by atoms with E-state index < -0.39 is 0 Å². The van der Waals surface area contributed by atoms with E-state index in [4.69, 9.17) is 4.74 Å². The summed E-state index contributed by atoms with van der Waals surface area (Å²) in [6.45, 7) is 5.01. The topological polar surface area (TPSA) is 12.5 Å². The molecule has 0 bridgehead atoms. The van der Waals surface area contributed by atoms with Gasteiger partial charge in [-0.05, 0) is 26.3 Å². The van der Waals surface area contributed by atoms with E-state index >= 15 is 0 Å². The Morgan fingerprint density at radius 1 is 1.70 bits per heavy atom. The lowest BCUT2D eigenvalue weighted by atomic mass is 10.1. The minimum absolute atomic E-state index is 0.441. The van der Waals surface area contributed by atoms with Crippen LogP contribution in [0.3, 0.4) is 0 Å². The standard InChI is InChI=1S/C8H16NO/c1-3-10-8-5-4-6-9(2)7-8/h8H,2-7H2,1H3. The van der Waals surface area contributed by atoms with Gasteiger partial charge < -0.3 is 4.74 Å². The van der Waals surface area contributed by atoms with Crippen molar-refractivity contribution in [1.29, 1.82) is 0 Å². The zero-order chi connectivity index (χ0) is 7.40. The number of likely N-dealkylation sites (tertiary alicyclic amines) is 1. The Bertz CT molecular complexity index is 93.3. The molecule has 1 atom stereocenters. The van der Waals surface area contributed by atoms with Crippen molar-refractivity contribution < 1.29 is 4.74 Å². The summed E-state index contributed by atoms with van der Waals surface area (Å²) in [4.78, 5) is 2.09. The fourth-order valence-corrected chi connectivity index (χ4v) is 1.38. The second kappa shape index (κ2) is 3.94. The Kier molecular flexibility index (Phi) is 3.16. The summed E-state index contributed by atoms with van der Waals surface area (Å²) in [5, 5.41) is 0. The molecule has 1 unspecified atom stereocenters. The van der Waals surface area contributed by atoms with Crippen LogP contribution in [-0.4, -0.2) is 30.7 Å². The molecular formula is C8H16NO. The lowest BCUT2D eigenvalue weighted by Gasteiger charge is -2.28. The summed E-state index contributed by atoms with van der Waals surface area (Å²) in [6, 6.07) is 0. The van der Waals surface area contributed by atoms with Crippen molar-refractivity contribution in [2.24, 2.45) is 0 Å². The molecule has 0 aliphatic carbocycles. The van der Waals surface area contributed by atoms with Crippen LogP contribution in [0.4, 0.5) is 0 Å². The van der Waals surface area contributed by atoms with Crippen LogP contribution in [0, 0.1) is 7.05 Å². The predicted octanol–water partition coefficient (Wildman–Crippen LogP) is 1.28. The van der Waals surface area contributed by atoms with Gasteiger partial charge in [0.2, 0.25) is 0 Å². The largest absolute Gasteiger partial charge is 0.377 e. The molecule has 59 valence electrons. The fourth-order valence-electron chi connectivity index (χ4n) is 1.38. The van der Waals surface area contributed by atoms with E-state index in [1.165, 1.54) is 12.8 Å². The van der Waals surface area contributed by atoms with Crippen molar-refractivity contribution in [3.05, 3.63) is 7.05 Å². The van der Waals surface area contributed by atoms with Crippen LogP contribution in [0.1, 0.15) is 19.8 Å². The third-order valence-electron chi connectivity index (χ3n) is 1.86. The Morgan fingerprint density at radius 2 is 2.50 bits per heavy atom.